The summed E-state index contributed by atoms with van der Waals surface area (Å²) in [5.74, 6) is -2.56. The van der Waals surface area contributed by atoms with E-state index in [4.69, 9.17) is 0 Å². The van der Waals surface area contributed by atoms with Crippen LogP contribution >= 0.6 is 0 Å². The predicted molar refractivity (Wildman–Crippen MR) is 98.3 cm³/mol. The molecular formula is C19H36F2N4. The summed E-state index contributed by atoms with van der Waals surface area (Å²) in [5.41, 5.74) is 0. The topological polar surface area (TPSA) is 13.0 Å². The molecule has 0 saturated carbocycles. The largest absolute Gasteiger partial charge is 0.298 e. The van der Waals surface area contributed by atoms with Crippen molar-refractivity contribution in [3.05, 3.63) is 0 Å². The van der Waals surface area contributed by atoms with Gasteiger partial charge in [-0.1, -0.05) is 13.8 Å². The van der Waals surface area contributed by atoms with Crippen molar-refractivity contribution < 1.29 is 8.78 Å². The third kappa shape index (κ3) is 4.34. The minimum atomic E-state index is -2.56. The molecule has 3 rings (SSSR count). The summed E-state index contributed by atoms with van der Waals surface area (Å²) in [6.07, 6.45) is 2.76. The van der Waals surface area contributed by atoms with Crippen molar-refractivity contribution in [2.75, 3.05) is 58.9 Å². The summed E-state index contributed by atoms with van der Waals surface area (Å²) >= 11 is 0. The van der Waals surface area contributed by atoms with E-state index < -0.39 is 12.0 Å². The van der Waals surface area contributed by atoms with E-state index in [1.54, 1.807) is 0 Å². The standard InChI is InChI=1S/C19H36F2N4/c1-4-7-22-8-6-18(19(20,21)15-22)25-13-17(14-25)24-11-9-23(10-12-24)16(3)5-2/h16-18H,4-15H2,1-3H3. The molecule has 0 spiro atoms. The highest BCUT2D eigenvalue weighted by Gasteiger charge is 2.50. The van der Waals surface area contributed by atoms with Gasteiger partial charge in [-0.05, 0) is 32.7 Å². The quantitative estimate of drug-likeness (QED) is 0.722. The van der Waals surface area contributed by atoms with Crippen molar-refractivity contribution in [3.63, 3.8) is 0 Å². The van der Waals surface area contributed by atoms with Crippen molar-refractivity contribution in [2.45, 2.75) is 64.1 Å². The number of hydrogen-bond donors (Lipinski definition) is 0. The van der Waals surface area contributed by atoms with Gasteiger partial charge >= 0.3 is 0 Å². The lowest BCUT2D eigenvalue weighted by atomic mass is 9.93. The van der Waals surface area contributed by atoms with Crippen molar-refractivity contribution in [2.24, 2.45) is 0 Å². The number of halogens is 2. The van der Waals surface area contributed by atoms with Gasteiger partial charge in [-0.2, -0.15) is 0 Å². The van der Waals surface area contributed by atoms with Crippen molar-refractivity contribution in [1.82, 2.24) is 19.6 Å². The maximum absolute atomic E-state index is 14.6. The van der Waals surface area contributed by atoms with Crippen LogP contribution in [0.1, 0.15) is 40.0 Å². The van der Waals surface area contributed by atoms with Crippen LogP contribution in [0.2, 0.25) is 0 Å². The Bertz CT molecular complexity index is 420. The first kappa shape index (κ1) is 19.5. The fourth-order valence-electron chi connectivity index (χ4n) is 4.73. The molecule has 0 amide bonds. The van der Waals surface area contributed by atoms with Gasteiger partial charge in [0.05, 0.1) is 12.6 Å². The van der Waals surface area contributed by atoms with Gasteiger partial charge in [0.15, 0.2) is 0 Å². The number of hydrogen-bond acceptors (Lipinski definition) is 4. The van der Waals surface area contributed by atoms with Gasteiger partial charge in [-0.15, -0.1) is 0 Å². The number of nitrogens with zero attached hydrogens (tertiary/aromatic N) is 4. The molecule has 3 heterocycles. The molecule has 3 fully saturated rings. The van der Waals surface area contributed by atoms with E-state index in [-0.39, 0.29) is 6.54 Å². The number of likely N-dealkylation sites (tertiary alicyclic amines) is 2. The molecule has 3 aliphatic rings. The zero-order valence-electron chi connectivity index (χ0n) is 16.3. The fraction of sp³-hybridized carbons (Fsp3) is 1.00. The number of rotatable bonds is 6. The maximum atomic E-state index is 14.6. The minimum Gasteiger partial charge on any atom is -0.298 e. The van der Waals surface area contributed by atoms with E-state index >= 15 is 0 Å². The van der Waals surface area contributed by atoms with E-state index in [9.17, 15) is 8.78 Å². The molecule has 25 heavy (non-hydrogen) atoms. The van der Waals surface area contributed by atoms with Gasteiger partial charge in [0.1, 0.15) is 0 Å². The lowest BCUT2D eigenvalue weighted by Gasteiger charge is -2.54. The number of piperidine rings is 1. The minimum absolute atomic E-state index is 0.0553. The van der Waals surface area contributed by atoms with Gasteiger partial charge in [-0.3, -0.25) is 19.6 Å². The molecular weight excluding hydrogens is 322 g/mol. The molecule has 0 aromatic heterocycles. The average molecular weight is 359 g/mol. The second kappa shape index (κ2) is 8.15. The van der Waals surface area contributed by atoms with E-state index in [2.05, 4.69) is 35.5 Å². The van der Waals surface area contributed by atoms with Gasteiger partial charge in [0.2, 0.25) is 0 Å². The monoisotopic (exact) mass is 358 g/mol. The summed E-state index contributed by atoms with van der Waals surface area (Å²) in [4.78, 5) is 9.07. The second-order valence-corrected chi connectivity index (χ2v) is 8.28. The molecule has 0 aromatic carbocycles. The van der Waals surface area contributed by atoms with Crippen LogP contribution in [0.5, 0.6) is 0 Å². The molecule has 146 valence electrons. The lowest BCUT2D eigenvalue weighted by Crippen LogP contribution is -2.69. The van der Waals surface area contributed by atoms with Gasteiger partial charge < -0.3 is 0 Å². The summed E-state index contributed by atoms with van der Waals surface area (Å²) in [7, 11) is 0. The molecule has 4 nitrogen and oxygen atoms in total. The Morgan fingerprint density at radius 2 is 1.68 bits per heavy atom. The first-order valence-corrected chi connectivity index (χ1v) is 10.3. The molecule has 3 aliphatic heterocycles. The zero-order chi connectivity index (χ0) is 18.0. The highest BCUT2D eigenvalue weighted by Crippen LogP contribution is 2.34. The summed E-state index contributed by atoms with van der Waals surface area (Å²) in [5, 5.41) is 0. The SMILES string of the molecule is CCCN1CCC(N2CC(N3CCN(C(C)CC)CC3)C2)C(F)(F)C1. The summed E-state index contributed by atoms with van der Waals surface area (Å²) in [6, 6.07) is 0.605. The molecule has 0 radical (unpaired) electrons. The first-order valence-electron chi connectivity index (χ1n) is 10.3. The van der Waals surface area contributed by atoms with Crippen LogP contribution in [0, 0.1) is 0 Å². The molecule has 3 saturated heterocycles. The Hall–Kier alpha value is -0.300. The molecule has 0 aliphatic carbocycles. The lowest BCUT2D eigenvalue weighted by molar-refractivity contribution is -0.154. The van der Waals surface area contributed by atoms with E-state index in [1.807, 2.05) is 4.90 Å². The van der Waals surface area contributed by atoms with Crippen molar-refractivity contribution >= 4 is 0 Å². The van der Waals surface area contributed by atoms with Crippen LogP contribution < -0.4 is 0 Å². The van der Waals surface area contributed by atoms with Crippen LogP contribution in [0.15, 0.2) is 0 Å². The Morgan fingerprint density at radius 3 is 2.24 bits per heavy atom. The van der Waals surface area contributed by atoms with Crippen LogP contribution in [-0.2, 0) is 0 Å². The third-order valence-corrected chi connectivity index (χ3v) is 6.59. The fourth-order valence-corrected chi connectivity index (χ4v) is 4.73. The number of piperazine rings is 1. The Morgan fingerprint density at radius 1 is 1.00 bits per heavy atom. The normalized spacial score (nSPS) is 31.8. The van der Waals surface area contributed by atoms with E-state index in [0.717, 1.165) is 58.8 Å². The smallest absolute Gasteiger partial charge is 0.275 e. The summed E-state index contributed by atoms with van der Waals surface area (Å²) < 4.78 is 29.1. The first-order chi connectivity index (χ1) is 11.9. The van der Waals surface area contributed by atoms with E-state index in [1.165, 1.54) is 6.42 Å². The van der Waals surface area contributed by atoms with Crippen LogP contribution in [0.3, 0.4) is 0 Å². The molecule has 0 N–H and O–H groups in total. The maximum Gasteiger partial charge on any atom is 0.275 e. The van der Waals surface area contributed by atoms with Gasteiger partial charge in [0, 0.05) is 57.9 Å². The average Bonchev–Trinajstić information content (AvgIpc) is 2.55. The molecule has 0 aromatic rings. The predicted octanol–water partition coefficient (Wildman–Crippen LogP) is 2.21. The zero-order valence-corrected chi connectivity index (χ0v) is 16.3. The van der Waals surface area contributed by atoms with Crippen LogP contribution in [0.25, 0.3) is 0 Å². The molecule has 2 unspecified atom stereocenters. The third-order valence-electron chi connectivity index (χ3n) is 6.59. The van der Waals surface area contributed by atoms with Gasteiger partial charge in [-0.25, -0.2) is 8.78 Å². The van der Waals surface area contributed by atoms with Gasteiger partial charge in [0.25, 0.3) is 5.92 Å². The highest BCUT2D eigenvalue weighted by molar-refractivity contribution is 5.00. The molecule has 6 heteroatoms. The summed E-state index contributed by atoms with van der Waals surface area (Å²) in [6.45, 7) is 14.3. The Kier molecular flexibility index (Phi) is 6.35. The van der Waals surface area contributed by atoms with Crippen LogP contribution in [-0.4, -0.2) is 103 Å². The Balaban J connectivity index is 1.44. The van der Waals surface area contributed by atoms with E-state index in [0.29, 0.717) is 18.5 Å². The van der Waals surface area contributed by atoms with Crippen LogP contribution in [0.4, 0.5) is 8.78 Å². The van der Waals surface area contributed by atoms with Crippen molar-refractivity contribution in [3.8, 4) is 0 Å². The highest BCUT2D eigenvalue weighted by atomic mass is 19.3. The second-order valence-electron chi connectivity index (χ2n) is 8.28. The van der Waals surface area contributed by atoms with Crippen molar-refractivity contribution in [1.29, 1.82) is 0 Å². The molecule has 0 bridgehead atoms. The number of alkyl halides is 2. The molecule has 2 atom stereocenters. The Labute approximate surface area is 152 Å².